The highest BCUT2D eigenvalue weighted by Crippen LogP contribution is 2.32. The van der Waals surface area contributed by atoms with E-state index < -0.39 is 18.0 Å². The molecular formula is C11H11NO4S. The summed E-state index contributed by atoms with van der Waals surface area (Å²) >= 11 is 1.51. The summed E-state index contributed by atoms with van der Waals surface area (Å²) in [5.74, 6) is -1.31. The highest BCUT2D eigenvalue weighted by atomic mass is 32.2. The zero-order chi connectivity index (χ0) is 12.4. The van der Waals surface area contributed by atoms with Crippen LogP contribution in [0.4, 0.5) is 0 Å². The molecule has 1 aromatic rings. The standard InChI is InChI=1S/C11H11NO4S/c13-10(14)7-3-1-6(2-4-7)9-12-8(5-17-9)11(15)16/h1-4,8-9,12H,5H2,(H,13,14)(H,15,16)/t8-,9?/m0/s1. The number of hydrogen-bond acceptors (Lipinski definition) is 4. The molecule has 17 heavy (non-hydrogen) atoms. The van der Waals surface area contributed by atoms with Gasteiger partial charge in [0.25, 0.3) is 0 Å². The number of aliphatic carboxylic acids is 1. The fourth-order valence-corrected chi connectivity index (χ4v) is 2.84. The molecular weight excluding hydrogens is 242 g/mol. The summed E-state index contributed by atoms with van der Waals surface area (Å²) < 4.78 is 0. The van der Waals surface area contributed by atoms with E-state index in [1.165, 1.54) is 23.9 Å². The maximum atomic E-state index is 10.8. The van der Waals surface area contributed by atoms with E-state index >= 15 is 0 Å². The third kappa shape index (κ3) is 2.59. The molecule has 0 aromatic heterocycles. The first-order valence-electron chi connectivity index (χ1n) is 5.01. The molecule has 2 rings (SSSR count). The van der Waals surface area contributed by atoms with Crippen LogP contribution < -0.4 is 5.32 Å². The second-order valence-corrected chi connectivity index (χ2v) is 4.84. The van der Waals surface area contributed by atoms with E-state index in [1.807, 2.05) is 0 Å². The SMILES string of the molecule is O=C(O)c1ccc(C2N[C@H](C(=O)O)CS2)cc1. The zero-order valence-electron chi connectivity index (χ0n) is 8.79. The Kier molecular flexibility index (Phi) is 3.35. The van der Waals surface area contributed by atoms with Crippen LogP contribution in [-0.4, -0.2) is 33.9 Å². The van der Waals surface area contributed by atoms with Crippen molar-refractivity contribution in [2.45, 2.75) is 11.4 Å². The Labute approximate surface area is 102 Å². The molecule has 1 aromatic carbocycles. The van der Waals surface area contributed by atoms with Gasteiger partial charge in [-0.2, -0.15) is 0 Å². The predicted molar refractivity (Wildman–Crippen MR) is 63.2 cm³/mol. The van der Waals surface area contributed by atoms with E-state index in [9.17, 15) is 9.59 Å². The van der Waals surface area contributed by atoms with E-state index in [2.05, 4.69) is 5.32 Å². The Hall–Kier alpha value is -1.53. The van der Waals surface area contributed by atoms with Gasteiger partial charge >= 0.3 is 11.9 Å². The topological polar surface area (TPSA) is 86.6 Å². The molecule has 3 N–H and O–H groups in total. The number of nitrogens with one attached hydrogen (secondary N) is 1. The average Bonchev–Trinajstić information content (AvgIpc) is 2.78. The first kappa shape index (κ1) is 11.9. The van der Waals surface area contributed by atoms with Crippen molar-refractivity contribution in [3.63, 3.8) is 0 Å². The minimum atomic E-state index is -0.966. The van der Waals surface area contributed by atoms with Crippen molar-refractivity contribution in [3.8, 4) is 0 Å². The molecule has 1 fully saturated rings. The second-order valence-electron chi connectivity index (χ2n) is 3.70. The fourth-order valence-electron chi connectivity index (χ4n) is 1.61. The van der Waals surface area contributed by atoms with Gasteiger partial charge in [0.2, 0.25) is 0 Å². The number of benzene rings is 1. The third-order valence-electron chi connectivity index (χ3n) is 2.54. The molecule has 1 unspecified atom stereocenters. The number of carbonyl (C=O) groups is 2. The molecule has 1 aliphatic heterocycles. The molecule has 0 saturated carbocycles. The van der Waals surface area contributed by atoms with Gasteiger partial charge in [0, 0.05) is 5.75 Å². The molecule has 5 nitrogen and oxygen atoms in total. The Morgan fingerprint density at radius 1 is 1.24 bits per heavy atom. The smallest absolute Gasteiger partial charge is 0.335 e. The quantitative estimate of drug-likeness (QED) is 0.749. The predicted octanol–water partition coefficient (Wildman–Crippen LogP) is 1.17. The molecule has 0 bridgehead atoms. The fraction of sp³-hybridized carbons (Fsp3) is 0.273. The number of carboxylic acids is 2. The first-order chi connectivity index (χ1) is 8.08. The molecule has 90 valence electrons. The Bertz CT molecular complexity index is 445. The van der Waals surface area contributed by atoms with E-state index in [4.69, 9.17) is 10.2 Å². The van der Waals surface area contributed by atoms with Crippen molar-refractivity contribution in [3.05, 3.63) is 35.4 Å². The van der Waals surface area contributed by atoms with Crippen LogP contribution in [0, 0.1) is 0 Å². The minimum Gasteiger partial charge on any atom is -0.480 e. The van der Waals surface area contributed by atoms with Crippen molar-refractivity contribution >= 4 is 23.7 Å². The van der Waals surface area contributed by atoms with Crippen molar-refractivity contribution < 1.29 is 19.8 Å². The van der Waals surface area contributed by atoms with Crippen molar-refractivity contribution in [2.24, 2.45) is 0 Å². The number of carboxylic acid groups (broad SMARTS) is 2. The maximum Gasteiger partial charge on any atom is 0.335 e. The number of aromatic carboxylic acids is 1. The second kappa shape index (κ2) is 4.77. The van der Waals surface area contributed by atoms with Gasteiger partial charge in [-0.25, -0.2) is 4.79 Å². The van der Waals surface area contributed by atoms with Crippen LogP contribution in [-0.2, 0) is 4.79 Å². The molecule has 1 heterocycles. The summed E-state index contributed by atoms with van der Waals surface area (Å²) in [6, 6.07) is 5.92. The number of hydrogen-bond donors (Lipinski definition) is 3. The highest BCUT2D eigenvalue weighted by molar-refractivity contribution is 7.99. The summed E-state index contributed by atoms with van der Waals surface area (Å²) in [6.07, 6.45) is 0. The lowest BCUT2D eigenvalue weighted by Gasteiger charge is -2.11. The van der Waals surface area contributed by atoms with Crippen molar-refractivity contribution in [1.29, 1.82) is 0 Å². The molecule has 0 amide bonds. The van der Waals surface area contributed by atoms with Crippen LogP contribution in [0.3, 0.4) is 0 Å². The number of rotatable bonds is 3. The molecule has 0 spiro atoms. The van der Waals surface area contributed by atoms with Crippen LogP contribution in [0.5, 0.6) is 0 Å². The van der Waals surface area contributed by atoms with Crippen LogP contribution in [0.25, 0.3) is 0 Å². The Balaban J connectivity index is 2.09. The summed E-state index contributed by atoms with van der Waals surface area (Å²) in [6.45, 7) is 0. The highest BCUT2D eigenvalue weighted by Gasteiger charge is 2.30. The average molecular weight is 253 g/mol. The first-order valence-corrected chi connectivity index (χ1v) is 6.06. The van der Waals surface area contributed by atoms with Gasteiger partial charge < -0.3 is 10.2 Å². The Morgan fingerprint density at radius 2 is 1.88 bits per heavy atom. The largest absolute Gasteiger partial charge is 0.480 e. The Morgan fingerprint density at radius 3 is 2.35 bits per heavy atom. The normalized spacial score (nSPS) is 23.5. The van der Waals surface area contributed by atoms with Crippen LogP contribution in [0.2, 0.25) is 0 Å². The molecule has 1 saturated heterocycles. The van der Waals surface area contributed by atoms with Crippen molar-refractivity contribution in [2.75, 3.05) is 5.75 Å². The molecule has 1 aliphatic rings. The summed E-state index contributed by atoms with van der Waals surface area (Å²) in [4.78, 5) is 21.4. The summed E-state index contributed by atoms with van der Waals surface area (Å²) in [5, 5.41) is 20.5. The maximum absolute atomic E-state index is 10.8. The summed E-state index contributed by atoms with van der Waals surface area (Å²) in [5.41, 5.74) is 1.12. The minimum absolute atomic E-state index is 0.0843. The van der Waals surface area contributed by atoms with Gasteiger partial charge in [-0.3, -0.25) is 10.1 Å². The van der Waals surface area contributed by atoms with Gasteiger partial charge in [0.1, 0.15) is 6.04 Å². The lowest BCUT2D eigenvalue weighted by molar-refractivity contribution is -0.138. The van der Waals surface area contributed by atoms with E-state index in [0.717, 1.165) is 5.56 Å². The van der Waals surface area contributed by atoms with E-state index in [0.29, 0.717) is 5.75 Å². The third-order valence-corrected chi connectivity index (χ3v) is 3.81. The molecule has 0 aliphatic carbocycles. The van der Waals surface area contributed by atoms with Gasteiger partial charge in [-0.05, 0) is 17.7 Å². The van der Waals surface area contributed by atoms with Gasteiger partial charge in [0.15, 0.2) is 0 Å². The van der Waals surface area contributed by atoms with E-state index in [1.54, 1.807) is 12.1 Å². The monoisotopic (exact) mass is 253 g/mol. The van der Waals surface area contributed by atoms with Crippen LogP contribution in [0.1, 0.15) is 21.3 Å². The van der Waals surface area contributed by atoms with Gasteiger partial charge in [-0.1, -0.05) is 12.1 Å². The van der Waals surface area contributed by atoms with E-state index in [-0.39, 0.29) is 10.9 Å². The summed E-state index contributed by atoms with van der Waals surface area (Å²) in [7, 11) is 0. The van der Waals surface area contributed by atoms with Gasteiger partial charge in [-0.15, -0.1) is 11.8 Å². The van der Waals surface area contributed by atoms with Gasteiger partial charge in [0.05, 0.1) is 10.9 Å². The van der Waals surface area contributed by atoms with Crippen LogP contribution in [0.15, 0.2) is 24.3 Å². The number of thioether (sulfide) groups is 1. The zero-order valence-corrected chi connectivity index (χ0v) is 9.61. The van der Waals surface area contributed by atoms with Crippen molar-refractivity contribution in [1.82, 2.24) is 5.32 Å². The molecule has 0 radical (unpaired) electrons. The van der Waals surface area contributed by atoms with Crippen LogP contribution >= 0.6 is 11.8 Å². The molecule has 2 atom stereocenters. The lowest BCUT2D eigenvalue weighted by atomic mass is 10.1. The molecule has 6 heteroatoms. The lowest BCUT2D eigenvalue weighted by Crippen LogP contribution is -2.33.